The van der Waals surface area contributed by atoms with Crippen molar-refractivity contribution in [3.05, 3.63) is 24.3 Å². The molecule has 0 saturated carbocycles. The molecule has 0 aliphatic carbocycles. The second-order valence-corrected chi connectivity index (χ2v) is 7.17. The molecule has 1 saturated heterocycles. The Labute approximate surface area is 120 Å². The number of para-hydroxylation sites is 1. The normalized spacial score (nSPS) is 18.2. The fourth-order valence-electron chi connectivity index (χ4n) is 2.48. The molecule has 5 nitrogen and oxygen atoms in total. The highest BCUT2D eigenvalue weighted by Gasteiger charge is 2.20. The fourth-order valence-corrected chi connectivity index (χ4v) is 3.75. The molecule has 2 rings (SSSR count). The van der Waals surface area contributed by atoms with Gasteiger partial charge in [0.15, 0.2) is 0 Å². The minimum atomic E-state index is -3.64. The Morgan fingerprint density at radius 2 is 1.95 bits per heavy atom. The summed E-state index contributed by atoms with van der Waals surface area (Å²) >= 11 is 0. The van der Waals surface area contributed by atoms with Crippen LogP contribution in [0.4, 0.5) is 0 Å². The van der Waals surface area contributed by atoms with Gasteiger partial charge in [0.05, 0.1) is 0 Å². The first-order valence-corrected chi connectivity index (χ1v) is 8.47. The third kappa shape index (κ3) is 3.94. The third-order valence-corrected chi connectivity index (χ3v) is 5.02. The van der Waals surface area contributed by atoms with Crippen molar-refractivity contribution in [2.75, 3.05) is 26.2 Å². The van der Waals surface area contributed by atoms with E-state index in [9.17, 15) is 13.5 Å². The van der Waals surface area contributed by atoms with Gasteiger partial charge in [-0.3, -0.25) is 0 Å². The smallest absolute Gasteiger partial charge is 0.244 e. The number of nitrogens with zero attached hydrogens (tertiary/aromatic N) is 1. The van der Waals surface area contributed by atoms with Crippen LogP contribution in [0.1, 0.15) is 19.8 Å². The highest BCUT2D eigenvalue weighted by molar-refractivity contribution is 7.89. The Bertz CT molecular complexity index is 539. The van der Waals surface area contributed by atoms with E-state index >= 15 is 0 Å². The molecule has 0 spiro atoms. The topological polar surface area (TPSA) is 69.6 Å². The number of phenolic OH excluding ortho intramolecular Hbond substituents is 1. The number of benzene rings is 1. The fraction of sp³-hybridized carbons (Fsp3) is 0.571. The number of rotatable bonds is 6. The first-order chi connectivity index (χ1) is 9.49. The minimum Gasteiger partial charge on any atom is -0.507 e. The van der Waals surface area contributed by atoms with Crippen molar-refractivity contribution in [1.29, 1.82) is 0 Å². The van der Waals surface area contributed by atoms with E-state index in [1.54, 1.807) is 12.1 Å². The van der Waals surface area contributed by atoms with E-state index in [1.165, 1.54) is 25.0 Å². The molecule has 1 fully saturated rings. The van der Waals surface area contributed by atoms with Gasteiger partial charge in [0.2, 0.25) is 10.0 Å². The van der Waals surface area contributed by atoms with Crippen molar-refractivity contribution in [2.24, 2.45) is 5.92 Å². The SMILES string of the molecule is CC(CNS(=O)(=O)c1ccccc1O)CN1CCCC1. The molecule has 0 aromatic heterocycles. The van der Waals surface area contributed by atoms with E-state index in [1.807, 2.05) is 6.92 Å². The van der Waals surface area contributed by atoms with E-state index in [4.69, 9.17) is 0 Å². The van der Waals surface area contributed by atoms with Gasteiger partial charge in [-0.2, -0.15) is 0 Å². The molecule has 112 valence electrons. The second-order valence-electron chi connectivity index (χ2n) is 5.43. The quantitative estimate of drug-likeness (QED) is 0.833. The number of sulfonamides is 1. The van der Waals surface area contributed by atoms with E-state index in [0.29, 0.717) is 6.54 Å². The Hall–Kier alpha value is -1.11. The zero-order chi connectivity index (χ0) is 14.6. The molecule has 1 aliphatic heterocycles. The molecular weight excluding hydrogens is 276 g/mol. The zero-order valence-corrected chi connectivity index (χ0v) is 12.6. The molecule has 2 N–H and O–H groups in total. The number of hydrogen-bond acceptors (Lipinski definition) is 4. The average Bonchev–Trinajstić information content (AvgIpc) is 2.90. The van der Waals surface area contributed by atoms with Gasteiger partial charge in [0.1, 0.15) is 10.6 Å². The van der Waals surface area contributed by atoms with Crippen molar-refractivity contribution in [2.45, 2.75) is 24.7 Å². The van der Waals surface area contributed by atoms with Gasteiger partial charge in [-0.1, -0.05) is 19.1 Å². The van der Waals surface area contributed by atoms with Crippen molar-refractivity contribution >= 4 is 10.0 Å². The van der Waals surface area contributed by atoms with Crippen LogP contribution in [0.5, 0.6) is 5.75 Å². The van der Waals surface area contributed by atoms with Gasteiger partial charge < -0.3 is 10.0 Å². The van der Waals surface area contributed by atoms with Gasteiger partial charge in [-0.25, -0.2) is 13.1 Å². The lowest BCUT2D eigenvalue weighted by Crippen LogP contribution is -2.34. The van der Waals surface area contributed by atoms with Crippen LogP contribution >= 0.6 is 0 Å². The van der Waals surface area contributed by atoms with E-state index in [-0.39, 0.29) is 16.6 Å². The molecule has 1 aromatic carbocycles. The molecule has 1 atom stereocenters. The van der Waals surface area contributed by atoms with Crippen LogP contribution in [0.15, 0.2) is 29.2 Å². The first kappa shape index (κ1) is 15.3. The average molecular weight is 298 g/mol. The molecule has 1 unspecified atom stereocenters. The van der Waals surface area contributed by atoms with Crippen LogP contribution in [-0.4, -0.2) is 44.6 Å². The Balaban J connectivity index is 1.90. The summed E-state index contributed by atoms with van der Waals surface area (Å²) in [7, 11) is -3.64. The van der Waals surface area contributed by atoms with Gasteiger partial charge in [-0.05, 0) is 44.0 Å². The summed E-state index contributed by atoms with van der Waals surface area (Å²) in [5, 5.41) is 9.61. The second kappa shape index (κ2) is 6.56. The summed E-state index contributed by atoms with van der Waals surface area (Å²) in [6.07, 6.45) is 2.46. The lowest BCUT2D eigenvalue weighted by Gasteiger charge is -2.20. The largest absolute Gasteiger partial charge is 0.507 e. The Morgan fingerprint density at radius 1 is 1.30 bits per heavy atom. The number of aromatic hydroxyl groups is 1. The maximum absolute atomic E-state index is 12.1. The molecule has 1 aromatic rings. The summed E-state index contributed by atoms with van der Waals surface area (Å²) < 4.78 is 26.8. The number of nitrogens with one attached hydrogen (secondary N) is 1. The number of hydrogen-bond donors (Lipinski definition) is 2. The predicted octanol–water partition coefficient (Wildman–Crippen LogP) is 1.40. The summed E-state index contributed by atoms with van der Waals surface area (Å²) in [6, 6.07) is 5.98. The molecule has 20 heavy (non-hydrogen) atoms. The van der Waals surface area contributed by atoms with Crippen LogP contribution in [-0.2, 0) is 10.0 Å². The van der Waals surface area contributed by atoms with Gasteiger partial charge in [0.25, 0.3) is 0 Å². The molecule has 0 bridgehead atoms. The number of likely N-dealkylation sites (tertiary alicyclic amines) is 1. The maximum atomic E-state index is 12.1. The minimum absolute atomic E-state index is 0.0617. The molecule has 6 heteroatoms. The van der Waals surface area contributed by atoms with Gasteiger partial charge in [-0.15, -0.1) is 0 Å². The summed E-state index contributed by atoms with van der Waals surface area (Å²) in [4.78, 5) is 2.30. The van der Waals surface area contributed by atoms with Crippen LogP contribution in [0.3, 0.4) is 0 Å². The van der Waals surface area contributed by atoms with Crippen molar-refractivity contribution in [3.63, 3.8) is 0 Å². The molecule has 0 radical (unpaired) electrons. The first-order valence-electron chi connectivity index (χ1n) is 6.99. The van der Waals surface area contributed by atoms with Crippen molar-refractivity contribution in [1.82, 2.24) is 9.62 Å². The van der Waals surface area contributed by atoms with Crippen molar-refractivity contribution < 1.29 is 13.5 Å². The van der Waals surface area contributed by atoms with Gasteiger partial charge >= 0.3 is 0 Å². The summed E-state index contributed by atoms with van der Waals surface area (Å²) in [6.45, 7) is 5.54. The lowest BCUT2D eigenvalue weighted by molar-refractivity contribution is 0.288. The molecule has 1 heterocycles. The van der Waals surface area contributed by atoms with E-state index in [2.05, 4.69) is 9.62 Å². The molecule has 1 aliphatic rings. The monoisotopic (exact) mass is 298 g/mol. The zero-order valence-electron chi connectivity index (χ0n) is 11.7. The Morgan fingerprint density at radius 3 is 2.60 bits per heavy atom. The highest BCUT2D eigenvalue weighted by Crippen LogP contribution is 2.21. The Kier molecular flexibility index (Phi) is 5.01. The number of phenols is 1. The summed E-state index contributed by atoms with van der Waals surface area (Å²) in [5.74, 6) is 0.0286. The summed E-state index contributed by atoms with van der Waals surface area (Å²) in [5.41, 5.74) is 0. The molecular formula is C14H22N2O3S. The van der Waals surface area contributed by atoms with E-state index in [0.717, 1.165) is 19.6 Å². The third-order valence-electron chi connectivity index (χ3n) is 3.55. The molecule has 0 amide bonds. The predicted molar refractivity (Wildman–Crippen MR) is 78.1 cm³/mol. The van der Waals surface area contributed by atoms with E-state index < -0.39 is 10.0 Å². The van der Waals surface area contributed by atoms with Crippen LogP contribution in [0, 0.1) is 5.92 Å². The van der Waals surface area contributed by atoms with Gasteiger partial charge in [0, 0.05) is 13.1 Å². The lowest BCUT2D eigenvalue weighted by atomic mass is 10.2. The highest BCUT2D eigenvalue weighted by atomic mass is 32.2. The van der Waals surface area contributed by atoms with Crippen LogP contribution in [0.2, 0.25) is 0 Å². The van der Waals surface area contributed by atoms with Crippen LogP contribution < -0.4 is 4.72 Å². The van der Waals surface area contributed by atoms with Crippen molar-refractivity contribution in [3.8, 4) is 5.75 Å². The standard InChI is InChI=1S/C14H22N2O3S/c1-12(11-16-8-4-5-9-16)10-15-20(18,19)14-7-3-2-6-13(14)17/h2-3,6-7,12,15,17H,4-5,8-11H2,1H3. The maximum Gasteiger partial charge on any atom is 0.244 e. The van der Waals surface area contributed by atoms with Crippen LogP contribution in [0.25, 0.3) is 0 Å².